The van der Waals surface area contributed by atoms with Crippen molar-refractivity contribution in [2.45, 2.75) is 26.2 Å². The van der Waals surface area contributed by atoms with Crippen LogP contribution in [-0.2, 0) is 12.8 Å². The molecule has 0 bridgehead atoms. The normalized spacial score (nSPS) is 10.6. The summed E-state index contributed by atoms with van der Waals surface area (Å²) in [6.07, 6.45) is 2.12. The quantitative estimate of drug-likeness (QED) is 0.870. The SMILES string of the molecule is CCCc1nc(Cc2ccc(OC)c(Cl)c2)sc1C(=O)O. The predicted octanol–water partition coefficient (Wildman–Crippen LogP) is 4.05. The van der Waals surface area contributed by atoms with Crippen LogP contribution in [-0.4, -0.2) is 23.2 Å². The van der Waals surface area contributed by atoms with Crippen LogP contribution in [0.1, 0.15) is 39.3 Å². The Labute approximate surface area is 132 Å². The minimum absolute atomic E-state index is 0.339. The van der Waals surface area contributed by atoms with Crippen molar-refractivity contribution in [3.8, 4) is 5.75 Å². The van der Waals surface area contributed by atoms with Crippen molar-refractivity contribution in [3.05, 3.63) is 44.4 Å². The fourth-order valence-corrected chi connectivity index (χ4v) is 3.31. The molecule has 4 nitrogen and oxygen atoms in total. The molecular weight excluding hydrogens is 310 g/mol. The van der Waals surface area contributed by atoms with E-state index in [9.17, 15) is 9.90 Å². The van der Waals surface area contributed by atoms with E-state index in [0.717, 1.165) is 17.0 Å². The monoisotopic (exact) mass is 325 g/mol. The van der Waals surface area contributed by atoms with Crippen molar-refractivity contribution >= 4 is 28.9 Å². The third-order valence-corrected chi connectivity index (χ3v) is 4.38. The first-order valence-electron chi connectivity index (χ1n) is 6.59. The largest absolute Gasteiger partial charge is 0.495 e. The molecule has 0 atom stereocenters. The van der Waals surface area contributed by atoms with Crippen LogP contribution < -0.4 is 4.74 Å². The third-order valence-electron chi connectivity index (χ3n) is 2.99. The van der Waals surface area contributed by atoms with Crippen LogP contribution in [0.25, 0.3) is 0 Å². The minimum Gasteiger partial charge on any atom is -0.495 e. The lowest BCUT2D eigenvalue weighted by Gasteiger charge is -2.04. The van der Waals surface area contributed by atoms with Gasteiger partial charge in [-0.15, -0.1) is 11.3 Å². The molecule has 21 heavy (non-hydrogen) atoms. The summed E-state index contributed by atoms with van der Waals surface area (Å²) in [4.78, 5) is 16.0. The van der Waals surface area contributed by atoms with Gasteiger partial charge < -0.3 is 9.84 Å². The van der Waals surface area contributed by atoms with Crippen LogP contribution >= 0.6 is 22.9 Å². The average Bonchev–Trinajstić information content (AvgIpc) is 2.82. The summed E-state index contributed by atoms with van der Waals surface area (Å²) >= 11 is 7.33. The van der Waals surface area contributed by atoms with Gasteiger partial charge in [0, 0.05) is 6.42 Å². The van der Waals surface area contributed by atoms with Gasteiger partial charge in [0.15, 0.2) is 0 Å². The highest BCUT2D eigenvalue weighted by molar-refractivity contribution is 7.13. The first-order chi connectivity index (χ1) is 10.0. The van der Waals surface area contributed by atoms with E-state index in [0.29, 0.717) is 34.2 Å². The topological polar surface area (TPSA) is 59.4 Å². The zero-order chi connectivity index (χ0) is 15.4. The molecule has 0 amide bonds. The molecule has 0 aliphatic heterocycles. The summed E-state index contributed by atoms with van der Waals surface area (Å²) in [6, 6.07) is 5.53. The Morgan fingerprint density at radius 1 is 1.48 bits per heavy atom. The van der Waals surface area contributed by atoms with Gasteiger partial charge in [0.05, 0.1) is 22.8 Å². The number of aryl methyl sites for hydroxylation is 1. The van der Waals surface area contributed by atoms with Crippen LogP contribution in [0, 0.1) is 0 Å². The van der Waals surface area contributed by atoms with E-state index in [1.165, 1.54) is 11.3 Å². The van der Waals surface area contributed by atoms with Gasteiger partial charge in [-0.1, -0.05) is 31.0 Å². The fraction of sp³-hybridized carbons (Fsp3) is 0.333. The van der Waals surface area contributed by atoms with E-state index in [4.69, 9.17) is 16.3 Å². The molecule has 1 aromatic carbocycles. The van der Waals surface area contributed by atoms with E-state index in [1.54, 1.807) is 13.2 Å². The number of carboxylic acid groups (broad SMARTS) is 1. The lowest BCUT2D eigenvalue weighted by Crippen LogP contribution is -1.98. The molecular formula is C15H16ClNO3S. The highest BCUT2D eigenvalue weighted by Crippen LogP contribution is 2.28. The highest BCUT2D eigenvalue weighted by Gasteiger charge is 2.17. The van der Waals surface area contributed by atoms with Gasteiger partial charge in [0.1, 0.15) is 10.6 Å². The third kappa shape index (κ3) is 3.74. The highest BCUT2D eigenvalue weighted by atomic mass is 35.5. The number of aromatic carboxylic acids is 1. The molecule has 0 aliphatic rings. The van der Waals surface area contributed by atoms with E-state index in [1.807, 2.05) is 19.1 Å². The number of benzene rings is 1. The van der Waals surface area contributed by atoms with Gasteiger partial charge in [-0.05, 0) is 24.1 Å². The molecule has 2 rings (SSSR count). The molecule has 1 N–H and O–H groups in total. The van der Waals surface area contributed by atoms with E-state index in [2.05, 4.69) is 4.98 Å². The molecule has 2 aromatic rings. The molecule has 1 heterocycles. The van der Waals surface area contributed by atoms with Gasteiger partial charge in [0.2, 0.25) is 0 Å². The molecule has 0 saturated heterocycles. The maximum Gasteiger partial charge on any atom is 0.347 e. The van der Waals surface area contributed by atoms with Crippen LogP contribution in [0.15, 0.2) is 18.2 Å². The number of rotatable bonds is 6. The van der Waals surface area contributed by atoms with Crippen molar-refractivity contribution in [1.82, 2.24) is 4.98 Å². The van der Waals surface area contributed by atoms with Gasteiger partial charge in [-0.2, -0.15) is 0 Å². The van der Waals surface area contributed by atoms with Crippen molar-refractivity contribution in [2.75, 3.05) is 7.11 Å². The lowest BCUT2D eigenvalue weighted by atomic mass is 10.1. The second-order valence-electron chi connectivity index (χ2n) is 4.58. The number of hydrogen-bond donors (Lipinski definition) is 1. The smallest absolute Gasteiger partial charge is 0.347 e. The maximum absolute atomic E-state index is 11.2. The summed E-state index contributed by atoms with van der Waals surface area (Å²) in [6.45, 7) is 2.01. The molecule has 112 valence electrons. The molecule has 0 unspecified atom stereocenters. The fourth-order valence-electron chi connectivity index (χ4n) is 2.04. The Morgan fingerprint density at radius 2 is 2.24 bits per heavy atom. The Balaban J connectivity index is 2.25. The first kappa shape index (κ1) is 15.8. The standard InChI is InChI=1S/C15H16ClNO3S/c1-3-4-11-14(15(18)19)21-13(17-11)8-9-5-6-12(20-2)10(16)7-9/h5-7H,3-4,8H2,1-2H3,(H,18,19). The molecule has 6 heteroatoms. The van der Waals surface area contributed by atoms with Gasteiger partial charge >= 0.3 is 5.97 Å². The molecule has 0 aliphatic carbocycles. The van der Waals surface area contributed by atoms with E-state index >= 15 is 0 Å². The van der Waals surface area contributed by atoms with Crippen molar-refractivity contribution in [3.63, 3.8) is 0 Å². The zero-order valence-electron chi connectivity index (χ0n) is 11.9. The van der Waals surface area contributed by atoms with Crippen molar-refractivity contribution in [1.29, 1.82) is 0 Å². The van der Waals surface area contributed by atoms with Gasteiger partial charge in [-0.25, -0.2) is 9.78 Å². The summed E-state index contributed by atoms with van der Waals surface area (Å²) in [5, 5.41) is 10.5. The second-order valence-corrected chi connectivity index (χ2v) is 6.08. The number of methoxy groups -OCH3 is 1. The summed E-state index contributed by atoms with van der Waals surface area (Å²) < 4.78 is 5.11. The summed E-state index contributed by atoms with van der Waals surface area (Å²) in [5.74, 6) is -0.285. The number of nitrogens with zero attached hydrogens (tertiary/aromatic N) is 1. The van der Waals surface area contributed by atoms with Crippen LogP contribution in [0.3, 0.4) is 0 Å². The number of ether oxygens (including phenoxy) is 1. The number of aromatic nitrogens is 1. The van der Waals surface area contributed by atoms with Gasteiger partial charge in [-0.3, -0.25) is 0 Å². The number of halogens is 1. The van der Waals surface area contributed by atoms with Crippen LogP contribution in [0.5, 0.6) is 5.75 Å². The van der Waals surface area contributed by atoms with Gasteiger partial charge in [0.25, 0.3) is 0 Å². The number of carbonyl (C=O) groups is 1. The minimum atomic E-state index is -0.907. The first-order valence-corrected chi connectivity index (χ1v) is 7.78. The summed E-state index contributed by atoms with van der Waals surface area (Å²) in [7, 11) is 1.57. The Morgan fingerprint density at radius 3 is 2.81 bits per heavy atom. The van der Waals surface area contributed by atoms with Crippen LogP contribution in [0.4, 0.5) is 0 Å². The second kappa shape index (κ2) is 6.91. The molecule has 0 fully saturated rings. The lowest BCUT2D eigenvalue weighted by molar-refractivity contribution is 0.0700. The average molecular weight is 326 g/mol. The Kier molecular flexibility index (Phi) is 5.20. The van der Waals surface area contributed by atoms with Crippen LogP contribution in [0.2, 0.25) is 5.02 Å². The van der Waals surface area contributed by atoms with Crippen molar-refractivity contribution < 1.29 is 14.6 Å². The van der Waals surface area contributed by atoms with Crippen molar-refractivity contribution in [2.24, 2.45) is 0 Å². The summed E-state index contributed by atoms with van der Waals surface area (Å²) in [5.41, 5.74) is 1.65. The number of hydrogen-bond acceptors (Lipinski definition) is 4. The number of thiazole rings is 1. The predicted molar refractivity (Wildman–Crippen MR) is 83.9 cm³/mol. The number of carboxylic acids is 1. The maximum atomic E-state index is 11.2. The molecule has 0 spiro atoms. The molecule has 1 aromatic heterocycles. The Bertz CT molecular complexity index is 654. The van der Waals surface area contributed by atoms with E-state index in [-0.39, 0.29) is 0 Å². The molecule has 0 saturated carbocycles. The Hall–Kier alpha value is -1.59. The molecule has 0 radical (unpaired) electrons. The zero-order valence-corrected chi connectivity index (χ0v) is 13.4. The van der Waals surface area contributed by atoms with E-state index < -0.39 is 5.97 Å².